The first-order valence-corrected chi connectivity index (χ1v) is 5.69. The fraction of sp³-hybridized carbons (Fsp3) is 0.538. The van der Waals surface area contributed by atoms with Gasteiger partial charge in [0.15, 0.2) is 0 Å². The van der Waals surface area contributed by atoms with Gasteiger partial charge in [0.25, 0.3) is 0 Å². The molecule has 0 bridgehead atoms. The number of benzene rings is 1. The van der Waals surface area contributed by atoms with Gasteiger partial charge in [-0.15, -0.1) is 0 Å². The molecule has 15 heavy (non-hydrogen) atoms. The highest BCUT2D eigenvalue weighted by Gasteiger charge is 2.27. The van der Waals surface area contributed by atoms with Gasteiger partial charge in [-0.25, -0.2) is 0 Å². The Morgan fingerprint density at radius 2 is 1.87 bits per heavy atom. The van der Waals surface area contributed by atoms with E-state index < -0.39 is 5.72 Å². The summed E-state index contributed by atoms with van der Waals surface area (Å²) >= 11 is 0. The predicted octanol–water partition coefficient (Wildman–Crippen LogP) is 2.81. The van der Waals surface area contributed by atoms with Crippen molar-refractivity contribution in [2.24, 2.45) is 5.73 Å². The summed E-state index contributed by atoms with van der Waals surface area (Å²) in [5.41, 5.74) is 8.06. The zero-order valence-corrected chi connectivity index (χ0v) is 9.92. The zero-order chi connectivity index (χ0) is 11.3. The molecule has 2 nitrogen and oxygen atoms in total. The second kappa shape index (κ2) is 5.29. The van der Waals surface area contributed by atoms with Crippen LogP contribution >= 0.6 is 0 Å². The third kappa shape index (κ3) is 2.58. The minimum atomic E-state index is -0.624. The van der Waals surface area contributed by atoms with Gasteiger partial charge in [0, 0.05) is 12.2 Å². The van der Waals surface area contributed by atoms with Crippen LogP contribution in [0.1, 0.15) is 38.3 Å². The highest BCUT2D eigenvalue weighted by atomic mass is 16.5. The molecular weight excluding hydrogens is 186 g/mol. The first-order chi connectivity index (χ1) is 7.18. The third-order valence-corrected chi connectivity index (χ3v) is 2.78. The Hall–Kier alpha value is -0.860. The predicted molar refractivity (Wildman–Crippen MR) is 63.6 cm³/mol. The second-order valence-corrected chi connectivity index (χ2v) is 3.69. The van der Waals surface area contributed by atoms with E-state index >= 15 is 0 Å². The van der Waals surface area contributed by atoms with Crippen LogP contribution in [0.15, 0.2) is 24.3 Å². The molecule has 0 spiro atoms. The number of rotatable bonds is 5. The minimum Gasteiger partial charge on any atom is -0.357 e. The lowest BCUT2D eigenvalue weighted by atomic mass is 9.94. The first-order valence-electron chi connectivity index (χ1n) is 5.69. The van der Waals surface area contributed by atoms with Crippen molar-refractivity contribution in [2.75, 3.05) is 6.61 Å². The van der Waals surface area contributed by atoms with Gasteiger partial charge in [0.05, 0.1) is 0 Å². The topological polar surface area (TPSA) is 35.2 Å². The Morgan fingerprint density at radius 3 is 2.40 bits per heavy atom. The molecule has 0 radical (unpaired) electrons. The molecule has 0 aromatic heterocycles. The number of hydrogen-bond donors (Lipinski definition) is 1. The smallest absolute Gasteiger partial charge is 0.142 e. The molecule has 1 atom stereocenters. The molecule has 1 aromatic rings. The first kappa shape index (κ1) is 12.2. The summed E-state index contributed by atoms with van der Waals surface area (Å²) in [6, 6.07) is 8.25. The maximum absolute atomic E-state index is 6.28. The van der Waals surface area contributed by atoms with Gasteiger partial charge in [0.2, 0.25) is 0 Å². The van der Waals surface area contributed by atoms with E-state index in [0.717, 1.165) is 18.4 Å². The van der Waals surface area contributed by atoms with E-state index in [-0.39, 0.29) is 0 Å². The van der Waals surface area contributed by atoms with Crippen molar-refractivity contribution in [1.82, 2.24) is 0 Å². The summed E-state index contributed by atoms with van der Waals surface area (Å²) in [5.74, 6) is 0. The number of ether oxygens (including phenoxy) is 1. The third-order valence-electron chi connectivity index (χ3n) is 2.78. The van der Waals surface area contributed by atoms with E-state index in [1.165, 1.54) is 5.56 Å². The van der Waals surface area contributed by atoms with Gasteiger partial charge in [-0.3, -0.25) is 5.73 Å². The lowest BCUT2D eigenvalue weighted by Crippen LogP contribution is -2.40. The highest BCUT2D eigenvalue weighted by molar-refractivity contribution is 5.31. The molecule has 0 saturated heterocycles. The van der Waals surface area contributed by atoms with Gasteiger partial charge < -0.3 is 4.74 Å². The fourth-order valence-corrected chi connectivity index (χ4v) is 1.87. The maximum atomic E-state index is 6.28. The average Bonchev–Trinajstić information content (AvgIpc) is 2.29. The largest absolute Gasteiger partial charge is 0.357 e. The molecule has 1 rings (SSSR count). The van der Waals surface area contributed by atoms with E-state index in [1.807, 2.05) is 19.1 Å². The maximum Gasteiger partial charge on any atom is 0.142 e. The van der Waals surface area contributed by atoms with Crippen molar-refractivity contribution in [3.8, 4) is 0 Å². The van der Waals surface area contributed by atoms with Crippen LogP contribution in [0.3, 0.4) is 0 Å². The van der Waals surface area contributed by atoms with Gasteiger partial charge >= 0.3 is 0 Å². The van der Waals surface area contributed by atoms with Crippen molar-refractivity contribution >= 4 is 0 Å². The van der Waals surface area contributed by atoms with Gasteiger partial charge in [-0.1, -0.05) is 38.1 Å². The number of hydrogen-bond acceptors (Lipinski definition) is 2. The van der Waals surface area contributed by atoms with Gasteiger partial charge in [0.1, 0.15) is 5.72 Å². The Kier molecular flexibility index (Phi) is 4.30. The lowest BCUT2D eigenvalue weighted by molar-refractivity contribution is -0.0433. The molecular formula is C13H21NO. The fourth-order valence-electron chi connectivity index (χ4n) is 1.87. The van der Waals surface area contributed by atoms with E-state index in [9.17, 15) is 0 Å². The summed E-state index contributed by atoms with van der Waals surface area (Å²) in [6.07, 6.45) is 1.78. The number of aryl methyl sites for hydroxylation is 1. The molecule has 0 fully saturated rings. The summed E-state index contributed by atoms with van der Waals surface area (Å²) in [4.78, 5) is 0. The standard InChI is InChI=1S/C13H21NO/c1-4-11-9-7-8-10-12(11)13(14,5-2)15-6-3/h7-10H,4-6,14H2,1-3H3. The molecule has 0 saturated carbocycles. The van der Waals surface area contributed by atoms with Crippen molar-refractivity contribution in [2.45, 2.75) is 39.3 Å². The Bertz CT molecular complexity index is 311. The lowest BCUT2D eigenvalue weighted by Gasteiger charge is -2.30. The van der Waals surface area contributed by atoms with E-state index in [4.69, 9.17) is 10.5 Å². The molecule has 0 heterocycles. The van der Waals surface area contributed by atoms with Crippen LogP contribution in [0.4, 0.5) is 0 Å². The quantitative estimate of drug-likeness (QED) is 0.753. The SMILES string of the molecule is CCOC(N)(CC)c1ccccc1CC. The molecule has 0 amide bonds. The normalized spacial score (nSPS) is 14.9. The molecule has 84 valence electrons. The molecule has 2 N–H and O–H groups in total. The summed E-state index contributed by atoms with van der Waals surface area (Å²) in [6.45, 7) is 6.82. The van der Waals surface area contributed by atoms with Gasteiger partial charge in [-0.05, 0) is 25.3 Å². The molecule has 0 aliphatic carbocycles. The van der Waals surface area contributed by atoms with Crippen molar-refractivity contribution in [3.05, 3.63) is 35.4 Å². The summed E-state index contributed by atoms with van der Waals surface area (Å²) < 4.78 is 5.68. The van der Waals surface area contributed by atoms with Crippen LogP contribution in [-0.4, -0.2) is 6.61 Å². The highest BCUT2D eigenvalue weighted by Crippen LogP contribution is 2.26. The zero-order valence-electron chi connectivity index (χ0n) is 9.92. The monoisotopic (exact) mass is 207 g/mol. The minimum absolute atomic E-state index is 0.624. The second-order valence-electron chi connectivity index (χ2n) is 3.69. The van der Waals surface area contributed by atoms with Crippen LogP contribution in [0, 0.1) is 0 Å². The van der Waals surface area contributed by atoms with E-state index in [2.05, 4.69) is 26.0 Å². The van der Waals surface area contributed by atoms with E-state index in [0.29, 0.717) is 6.61 Å². The van der Waals surface area contributed by atoms with Crippen molar-refractivity contribution in [3.63, 3.8) is 0 Å². The van der Waals surface area contributed by atoms with Crippen LogP contribution in [-0.2, 0) is 16.9 Å². The summed E-state index contributed by atoms with van der Waals surface area (Å²) in [7, 11) is 0. The number of nitrogens with two attached hydrogens (primary N) is 1. The van der Waals surface area contributed by atoms with Crippen LogP contribution in [0.25, 0.3) is 0 Å². The van der Waals surface area contributed by atoms with E-state index in [1.54, 1.807) is 0 Å². The Labute approximate surface area is 92.4 Å². The van der Waals surface area contributed by atoms with Crippen molar-refractivity contribution < 1.29 is 4.74 Å². The van der Waals surface area contributed by atoms with Gasteiger partial charge in [-0.2, -0.15) is 0 Å². The molecule has 2 heteroatoms. The Balaban J connectivity index is 3.10. The van der Waals surface area contributed by atoms with Crippen LogP contribution < -0.4 is 5.73 Å². The molecule has 0 aliphatic rings. The van der Waals surface area contributed by atoms with Crippen LogP contribution in [0.5, 0.6) is 0 Å². The molecule has 0 aliphatic heterocycles. The molecule has 1 unspecified atom stereocenters. The average molecular weight is 207 g/mol. The Morgan fingerprint density at radius 1 is 1.20 bits per heavy atom. The summed E-state index contributed by atoms with van der Waals surface area (Å²) in [5, 5.41) is 0. The molecule has 1 aromatic carbocycles. The van der Waals surface area contributed by atoms with Crippen LogP contribution in [0.2, 0.25) is 0 Å². The van der Waals surface area contributed by atoms with Crippen molar-refractivity contribution in [1.29, 1.82) is 0 Å².